The third kappa shape index (κ3) is 3.68. The van der Waals surface area contributed by atoms with E-state index in [4.69, 9.17) is 0 Å². The van der Waals surface area contributed by atoms with Crippen LogP contribution < -0.4 is 5.32 Å². The maximum absolute atomic E-state index is 12.8. The summed E-state index contributed by atoms with van der Waals surface area (Å²) in [7, 11) is 0. The Bertz CT molecular complexity index is 1140. The Hall–Kier alpha value is -2.64. The zero-order valence-corrected chi connectivity index (χ0v) is 17.5. The molecule has 0 fully saturated rings. The normalized spacial score (nSPS) is 10.9. The van der Waals surface area contributed by atoms with Crippen LogP contribution in [0.25, 0.3) is 16.5 Å². The van der Waals surface area contributed by atoms with Gasteiger partial charge in [-0.25, -0.2) is 0 Å². The molecule has 0 spiro atoms. The van der Waals surface area contributed by atoms with Gasteiger partial charge in [0, 0.05) is 15.7 Å². The largest absolute Gasteiger partial charge is 0.345 e. The second-order valence-corrected chi connectivity index (χ2v) is 7.81. The van der Waals surface area contributed by atoms with Crippen LogP contribution in [0.5, 0.6) is 0 Å². The molecule has 0 atom stereocenters. The monoisotopic (exact) mass is 452 g/mol. The van der Waals surface area contributed by atoms with E-state index >= 15 is 0 Å². The number of benzene rings is 3. The zero-order valence-electron chi connectivity index (χ0n) is 15.1. The molecule has 0 saturated carbocycles. The second kappa shape index (κ2) is 8.16. The Morgan fingerprint density at radius 2 is 1.79 bits per heavy atom. The molecule has 1 heterocycles. The zero-order chi connectivity index (χ0) is 19.5. The first-order chi connectivity index (χ1) is 13.7. The van der Waals surface area contributed by atoms with Gasteiger partial charge < -0.3 is 5.32 Å². The lowest BCUT2D eigenvalue weighted by molar-refractivity contribution is 0.0951. The summed E-state index contributed by atoms with van der Waals surface area (Å²) >= 11 is 4.97. The van der Waals surface area contributed by atoms with Gasteiger partial charge in [-0.15, -0.1) is 10.2 Å². The standard InChI is InChI=1S/C21H17BrN4OS/c1-28-21-25-24-19(26(21)16-11-9-15(22)10-12-16)13-23-20(27)18-8-4-6-14-5-2-3-7-17(14)18/h2-12H,13H2,1H3,(H,23,27). The SMILES string of the molecule is CSc1nnc(CNC(=O)c2cccc3ccccc23)n1-c1ccc(Br)cc1. The van der Waals surface area contributed by atoms with E-state index in [1.807, 2.05) is 77.6 Å². The van der Waals surface area contributed by atoms with Crippen molar-refractivity contribution in [3.63, 3.8) is 0 Å². The fraction of sp³-hybridized carbons (Fsp3) is 0.0952. The summed E-state index contributed by atoms with van der Waals surface area (Å²) in [5.74, 6) is 0.549. The van der Waals surface area contributed by atoms with Gasteiger partial charge in [0.1, 0.15) is 0 Å². The number of nitrogens with zero attached hydrogens (tertiary/aromatic N) is 3. The van der Waals surface area contributed by atoms with E-state index in [1.165, 1.54) is 11.8 Å². The van der Waals surface area contributed by atoms with Gasteiger partial charge in [0.15, 0.2) is 11.0 Å². The lowest BCUT2D eigenvalue weighted by atomic mass is 10.0. The molecule has 0 saturated heterocycles. The van der Waals surface area contributed by atoms with Gasteiger partial charge in [0.2, 0.25) is 0 Å². The molecule has 3 aromatic carbocycles. The van der Waals surface area contributed by atoms with E-state index in [2.05, 4.69) is 31.4 Å². The van der Waals surface area contributed by atoms with Crippen LogP contribution in [-0.4, -0.2) is 26.9 Å². The maximum Gasteiger partial charge on any atom is 0.252 e. The Morgan fingerprint density at radius 1 is 1.04 bits per heavy atom. The second-order valence-electron chi connectivity index (χ2n) is 6.12. The van der Waals surface area contributed by atoms with Crippen LogP contribution in [0.2, 0.25) is 0 Å². The van der Waals surface area contributed by atoms with Crippen LogP contribution in [0.3, 0.4) is 0 Å². The quantitative estimate of drug-likeness (QED) is 0.440. The summed E-state index contributed by atoms with van der Waals surface area (Å²) in [5, 5.41) is 14.3. The molecule has 7 heteroatoms. The van der Waals surface area contributed by atoms with E-state index in [0.29, 0.717) is 11.4 Å². The minimum absolute atomic E-state index is 0.132. The molecule has 1 aromatic heterocycles. The molecule has 4 rings (SSSR count). The lowest BCUT2D eigenvalue weighted by Crippen LogP contribution is -2.24. The molecule has 28 heavy (non-hydrogen) atoms. The number of amides is 1. The van der Waals surface area contributed by atoms with Crippen molar-refractivity contribution in [1.82, 2.24) is 20.1 Å². The van der Waals surface area contributed by atoms with E-state index in [-0.39, 0.29) is 12.5 Å². The van der Waals surface area contributed by atoms with Crippen molar-refractivity contribution in [2.45, 2.75) is 11.7 Å². The van der Waals surface area contributed by atoms with Crippen LogP contribution in [0.1, 0.15) is 16.2 Å². The summed E-state index contributed by atoms with van der Waals surface area (Å²) in [4.78, 5) is 12.8. The molecule has 1 amide bonds. The first-order valence-corrected chi connectivity index (χ1v) is 10.7. The van der Waals surface area contributed by atoms with Crippen molar-refractivity contribution in [2.24, 2.45) is 0 Å². The van der Waals surface area contributed by atoms with Gasteiger partial charge >= 0.3 is 0 Å². The molecule has 1 N–H and O–H groups in total. The third-order valence-electron chi connectivity index (χ3n) is 4.41. The number of carbonyl (C=O) groups is 1. The average molecular weight is 453 g/mol. The van der Waals surface area contributed by atoms with Gasteiger partial charge in [-0.2, -0.15) is 0 Å². The van der Waals surface area contributed by atoms with E-state index in [0.717, 1.165) is 26.1 Å². The summed E-state index contributed by atoms with van der Waals surface area (Å²) in [6.07, 6.45) is 1.96. The predicted octanol–water partition coefficient (Wildman–Crippen LogP) is 4.83. The van der Waals surface area contributed by atoms with Crippen molar-refractivity contribution in [3.05, 3.63) is 82.6 Å². The van der Waals surface area contributed by atoms with Crippen LogP contribution >= 0.6 is 27.7 Å². The summed E-state index contributed by atoms with van der Waals surface area (Å²) in [6.45, 7) is 0.283. The Morgan fingerprint density at radius 3 is 2.57 bits per heavy atom. The fourth-order valence-electron chi connectivity index (χ4n) is 3.07. The highest BCUT2D eigenvalue weighted by Gasteiger charge is 2.15. The van der Waals surface area contributed by atoms with Gasteiger partial charge in [-0.3, -0.25) is 9.36 Å². The summed E-state index contributed by atoms with van der Waals surface area (Å²) in [5.41, 5.74) is 1.60. The Kier molecular flexibility index (Phi) is 5.45. The molecule has 0 aliphatic carbocycles. The highest BCUT2D eigenvalue weighted by molar-refractivity contribution is 9.10. The van der Waals surface area contributed by atoms with Gasteiger partial charge in [0.05, 0.1) is 6.54 Å². The van der Waals surface area contributed by atoms with Crippen LogP contribution in [-0.2, 0) is 6.54 Å². The predicted molar refractivity (Wildman–Crippen MR) is 116 cm³/mol. The number of thioether (sulfide) groups is 1. The summed E-state index contributed by atoms with van der Waals surface area (Å²) < 4.78 is 2.96. The number of hydrogen-bond acceptors (Lipinski definition) is 4. The number of halogens is 1. The molecule has 0 aliphatic rings. The van der Waals surface area contributed by atoms with Crippen molar-refractivity contribution in [2.75, 3.05) is 6.26 Å². The first kappa shape index (κ1) is 18.7. The number of carbonyl (C=O) groups excluding carboxylic acids is 1. The van der Waals surface area contributed by atoms with Gasteiger partial charge in [-0.05, 0) is 47.4 Å². The third-order valence-corrected chi connectivity index (χ3v) is 5.57. The highest BCUT2D eigenvalue weighted by Crippen LogP contribution is 2.22. The molecule has 0 unspecified atom stereocenters. The van der Waals surface area contributed by atoms with Crippen molar-refractivity contribution >= 4 is 44.4 Å². The minimum Gasteiger partial charge on any atom is -0.345 e. The Labute approximate surface area is 175 Å². The molecular formula is C21H17BrN4OS. The molecular weight excluding hydrogens is 436 g/mol. The van der Waals surface area contributed by atoms with Crippen LogP contribution in [0, 0.1) is 0 Å². The highest BCUT2D eigenvalue weighted by atomic mass is 79.9. The number of hydrogen-bond donors (Lipinski definition) is 1. The van der Waals surface area contributed by atoms with Gasteiger partial charge in [0.25, 0.3) is 5.91 Å². The molecule has 5 nitrogen and oxygen atoms in total. The summed E-state index contributed by atoms with van der Waals surface area (Å²) in [6, 6.07) is 21.5. The maximum atomic E-state index is 12.8. The van der Waals surface area contributed by atoms with Crippen LogP contribution in [0.15, 0.2) is 76.4 Å². The van der Waals surface area contributed by atoms with Crippen molar-refractivity contribution < 1.29 is 4.79 Å². The van der Waals surface area contributed by atoms with E-state index < -0.39 is 0 Å². The molecule has 4 aromatic rings. The lowest BCUT2D eigenvalue weighted by Gasteiger charge is -2.11. The number of aromatic nitrogens is 3. The van der Waals surface area contributed by atoms with Crippen molar-refractivity contribution in [3.8, 4) is 5.69 Å². The van der Waals surface area contributed by atoms with Crippen LogP contribution in [0.4, 0.5) is 0 Å². The topological polar surface area (TPSA) is 59.8 Å². The molecule has 0 aliphatic heterocycles. The van der Waals surface area contributed by atoms with Crippen molar-refractivity contribution in [1.29, 1.82) is 0 Å². The number of nitrogens with one attached hydrogen (secondary N) is 1. The molecule has 0 radical (unpaired) electrons. The fourth-order valence-corrected chi connectivity index (χ4v) is 3.85. The van der Waals surface area contributed by atoms with E-state index in [9.17, 15) is 4.79 Å². The molecule has 140 valence electrons. The Balaban J connectivity index is 1.61. The smallest absolute Gasteiger partial charge is 0.252 e. The number of rotatable bonds is 5. The number of fused-ring (bicyclic) bond motifs is 1. The first-order valence-electron chi connectivity index (χ1n) is 8.67. The minimum atomic E-state index is -0.132. The van der Waals surface area contributed by atoms with Gasteiger partial charge in [-0.1, -0.05) is 64.1 Å². The average Bonchev–Trinajstić information content (AvgIpc) is 3.15. The molecule has 0 bridgehead atoms. The van der Waals surface area contributed by atoms with E-state index in [1.54, 1.807) is 0 Å².